The first kappa shape index (κ1) is 17.1. The summed E-state index contributed by atoms with van der Waals surface area (Å²) in [6.45, 7) is 1.18. The number of amides is 3. The number of nitrogens with one attached hydrogen (secondary N) is 1. The van der Waals surface area contributed by atoms with Gasteiger partial charge in [-0.25, -0.2) is 4.79 Å². The minimum Gasteiger partial charge on any atom is -0.461 e. The summed E-state index contributed by atoms with van der Waals surface area (Å²) in [5.41, 5.74) is 4.97. The smallest absolute Gasteiger partial charge is 0.312 e. The molecular formula is C16H23N3O4. The number of urea groups is 1. The molecule has 1 aliphatic rings. The van der Waals surface area contributed by atoms with Crippen LogP contribution in [-0.4, -0.2) is 41.8 Å². The van der Waals surface area contributed by atoms with Crippen LogP contribution in [0.2, 0.25) is 0 Å². The molecule has 0 bridgehead atoms. The number of ketones is 1. The Labute approximate surface area is 135 Å². The summed E-state index contributed by atoms with van der Waals surface area (Å²) in [5.74, 6) is 0.353. The highest BCUT2D eigenvalue weighted by molar-refractivity contribution is 5.94. The number of rotatable bonds is 8. The normalized spacial score (nSPS) is 17.2. The van der Waals surface area contributed by atoms with Crippen molar-refractivity contribution in [2.24, 2.45) is 5.73 Å². The molecule has 0 spiro atoms. The maximum atomic E-state index is 12.3. The van der Waals surface area contributed by atoms with Gasteiger partial charge in [-0.1, -0.05) is 0 Å². The van der Waals surface area contributed by atoms with Crippen LogP contribution in [0, 0.1) is 0 Å². The van der Waals surface area contributed by atoms with Gasteiger partial charge in [0.2, 0.25) is 5.91 Å². The first-order valence-corrected chi connectivity index (χ1v) is 7.97. The lowest BCUT2D eigenvalue weighted by Gasteiger charge is -2.24. The van der Waals surface area contributed by atoms with E-state index in [-0.39, 0.29) is 17.7 Å². The molecule has 1 aromatic heterocycles. The van der Waals surface area contributed by atoms with Gasteiger partial charge in [-0.2, -0.15) is 0 Å². The zero-order chi connectivity index (χ0) is 16.7. The Balaban J connectivity index is 1.75. The molecule has 2 rings (SSSR count). The number of carbonyl (C=O) groups is 3. The van der Waals surface area contributed by atoms with Gasteiger partial charge in [-0.15, -0.1) is 0 Å². The zero-order valence-electron chi connectivity index (χ0n) is 13.1. The van der Waals surface area contributed by atoms with Crippen molar-refractivity contribution in [2.45, 2.75) is 44.6 Å². The summed E-state index contributed by atoms with van der Waals surface area (Å²) in [4.78, 5) is 36.8. The van der Waals surface area contributed by atoms with Gasteiger partial charge in [0.1, 0.15) is 0 Å². The average Bonchev–Trinajstić information content (AvgIpc) is 3.17. The van der Waals surface area contributed by atoms with E-state index in [4.69, 9.17) is 10.2 Å². The number of Topliss-reactive ketones (excluding diaryl/α,β-unsaturated/α-hetero) is 1. The number of hydrogen-bond donors (Lipinski definition) is 2. The first-order valence-electron chi connectivity index (χ1n) is 7.97. The lowest BCUT2D eigenvalue weighted by molar-refractivity contribution is -0.132. The Hall–Kier alpha value is -2.31. The number of nitrogens with zero attached hydrogens (tertiary/aromatic N) is 1. The maximum Gasteiger partial charge on any atom is 0.312 e. The Kier molecular flexibility index (Phi) is 6.19. The quantitative estimate of drug-likeness (QED) is 0.561. The molecule has 7 heteroatoms. The fourth-order valence-electron chi connectivity index (χ4n) is 2.88. The van der Waals surface area contributed by atoms with Crippen molar-refractivity contribution in [3.63, 3.8) is 0 Å². The topological polar surface area (TPSA) is 106 Å². The highest BCUT2D eigenvalue weighted by Gasteiger charge is 2.30. The monoisotopic (exact) mass is 321 g/mol. The fraction of sp³-hybridized carbons (Fsp3) is 0.562. The second-order valence-electron chi connectivity index (χ2n) is 5.74. The summed E-state index contributed by atoms with van der Waals surface area (Å²) >= 11 is 0. The third-order valence-corrected chi connectivity index (χ3v) is 4.03. The summed E-state index contributed by atoms with van der Waals surface area (Å²) in [6, 6.07) is 2.75. The minimum atomic E-state index is -0.549. The molecule has 1 aromatic rings. The van der Waals surface area contributed by atoms with E-state index in [0.29, 0.717) is 44.5 Å². The second kappa shape index (κ2) is 8.36. The van der Waals surface area contributed by atoms with Crippen LogP contribution < -0.4 is 11.1 Å². The van der Waals surface area contributed by atoms with Crippen LogP contribution in [-0.2, 0) is 4.79 Å². The van der Waals surface area contributed by atoms with Crippen molar-refractivity contribution in [2.75, 3.05) is 13.1 Å². The largest absolute Gasteiger partial charge is 0.461 e. The molecule has 3 amide bonds. The molecule has 0 radical (unpaired) electrons. The molecule has 1 aliphatic heterocycles. The van der Waals surface area contributed by atoms with E-state index in [1.54, 1.807) is 12.1 Å². The van der Waals surface area contributed by atoms with E-state index < -0.39 is 6.03 Å². The van der Waals surface area contributed by atoms with E-state index >= 15 is 0 Å². The minimum absolute atomic E-state index is 0.0381. The first-order chi connectivity index (χ1) is 11.1. The summed E-state index contributed by atoms with van der Waals surface area (Å²) in [5, 5.41) is 2.50. The Morgan fingerprint density at radius 3 is 2.87 bits per heavy atom. The van der Waals surface area contributed by atoms with E-state index in [0.717, 1.165) is 12.8 Å². The third-order valence-electron chi connectivity index (χ3n) is 4.03. The van der Waals surface area contributed by atoms with Crippen molar-refractivity contribution in [3.8, 4) is 0 Å². The van der Waals surface area contributed by atoms with Crippen molar-refractivity contribution in [1.29, 1.82) is 0 Å². The number of hydrogen-bond acceptors (Lipinski definition) is 4. The number of nitrogens with two attached hydrogens (primary N) is 1. The molecule has 2 heterocycles. The molecule has 1 fully saturated rings. The van der Waals surface area contributed by atoms with Gasteiger partial charge in [0.15, 0.2) is 11.5 Å². The predicted octanol–water partition coefficient (Wildman–Crippen LogP) is 1.68. The number of likely N-dealkylation sites (tertiary alicyclic amines) is 1. The molecule has 1 saturated heterocycles. The molecule has 7 nitrogen and oxygen atoms in total. The van der Waals surface area contributed by atoms with Gasteiger partial charge in [-0.3, -0.25) is 9.59 Å². The van der Waals surface area contributed by atoms with Crippen LogP contribution in [0.25, 0.3) is 0 Å². The Bertz CT molecular complexity index is 542. The SMILES string of the molecule is NC(=O)NCCCCC(=O)N1CCC[C@H]1CC(=O)c1ccco1. The number of primary amides is 1. The molecule has 23 heavy (non-hydrogen) atoms. The van der Waals surface area contributed by atoms with Crippen LogP contribution in [0.4, 0.5) is 4.79 Å². The molecular weight excluding hydrogens is 298 g/mol. The standard InChI is InChI=1S/C16H23N3O4/c17-16(22)18-8-2-1-7-15(21)19-9-3-5-12(19)11-13(20)14-6-4-10-23-14/h4,6,10,12H,1-3,5,7-9,11H2,(H3,17,18,22)/t12-/m0/s1. The summed E-state index contributed by atoms with van der Waals surface area (Å²) < 4.78 is 5.11. The van der Waals surface area contributed by atoms with E-state index in [1.807, 2.05) is 4.90 Å². The van der Waals surface area contributed by atoms with Gasteiger partial charge in [0.05, 0.1) is 6.26 Å². The van der Waals surface area contributed by atoms with Gasteiger partial charge in [0.25, 0.3) is 0 Å². The highest BCUT2D eigenvalue weighted by atomic mass is 16.3. The number of carbonyl (C=O) groups excluding carboxylic acids is 3. The maximum absolute atomic E-state index is 12.3. The van der Waals surface area contributed by atoms with E-state index in [9.17, 15) is 14.4 Å². The molecule has 0 aliphatic carbocycles. The van der Waals surface area contributed by atoms with E-state index in [1.165, 1.54) is 6.26 Å². The lowest BCUT2D eigenvalue weighted by atomic mass is 10.1. The average molecular weight is 321 g/mol. The lowest BCUT2D eigenvalue weighted by Crippen LogP contribution is -2.36. The molecule has 3 N–H and O–H groups in total. The Morgan fingerprint density at radius 2 is 2.17 bits per heavy atom. The molecule has 0 aromatic carbocycles. The molecule has 0 unspecified atom stereocenters. The Morgan fingerprint density at radius 1 is 1.35 bits per heavy atom. The summed E-state index contributed by atoms with van der Waals surface area (Å²) in [7, 11) is 0. The third kappa shape index (κ3) is 5.12. The predicted molar refractivity (Wildman–Crippen MR) is 83.8 cm³/mol. The number of unbranched alkanes of at least 4 members (excludes halogenated alkanes) is 1. The van der Waals surface area contributed by atoms with Crippen molar-refractivity contribution < 1.29 is 18.8 Å². The second-order valence-corrected chi connectivity index (χ2v) is 5.74. The fourth-order valence-corrected chi connectivity index (χ4v) is 2.88. The molecule has 0 saturated carbocycles. The van der Waals surface area contributed by atoms with Gasteiger partial charge >= 0.3 is 6.03 Å². The number of furan rings is 1. The highest BCUT2D eigenvalue weighted by Crippen LogP contribution is 2.23. The summed E-state index contributed by atoms with van der Waals surface area (Å²) in [6.07, 6.45) is 5.37. The van der Waals surface area contributed by atoms with Gasteiger partial charge in [0, 0.05) is 32.0 Å². The van der Waals surface area contributed by atoms with Gasteiger partial charge < -0.3 is 20.4 Å². The van der Waals surface area contributed by atoms with Crippen LogP contribution in [0.1, 0.15) is 49.1 Å². The van der Waals surface area contributed by atoms with Crippen LogP contribution in [0.5, 0.6) is 0 Å². The van der Waals surface area contributed by atoms with Crippen LogP contribution in [0.3, 0.4) is 0 Å². The van der Waals surface area contributed by atoms with Crippen molar-refractivity contribution >= 4 is 17.7 Å². The van der Waals surface area contributed by atoms with Gasteiger partial charge in [-0.05, 0) is 37.8 Å². The zero-order valence-corrected chi connectivity index (χ0v) is 13.1. The molecule has 1 atom stereocenters. The van der Waals surface area contributed by atoms with Crippen molar-refractivity contribution in [3.05, 3.63) is 24.2 Å². The van der Waals surface area contributed by atoms with Crippen molar-refractivity contribution in [1.82, 2.24) is 10.2 Å². The van der Waals surface area contributed by atoms with E-state index in [2.05, 4.69) is 5.32 Å². The molecule has 126 valence electrons. The van der Waals surface area contributed by atoms with Crippen LogP contribution >= 0.6 is 0 Å². The van der Waals surface area contributed by atoms with Crippen LogP contribution in [0.15, 0.2) is 22.8 Å².